The van der Waals surface area contributed by atoms with Gasteiger partial charge in [-0.25, -0.2) is 13.4 Å². The van der Waals surface area contributed by atoms with Gasteiger partial charge in [0.25, 0.3) is 0 Å². The predicted molar refractivity (Wildman–Crippen MR) is 113 cm³/mol. The number of nitrogens with zero attached hydrogens (tertiary/aromatic N) is 4. The predicted octanol–water partition coefficient (Wildman–Crippen LogP) is 3.53. The fourth-order valence-electron chi connectivity index (χ4n) is 3.36. The van der Waals surface area contributed by atoms with Gasteiger partial charge < -0.3 is 10.1 Å². The monoisotopic (exact) mass is 493 g/mol. The molecule has 4 heterocycles. The van der Waals surface area contributed by atoms with Crippen molar-refractivity contribution in [2.24, 2.45) is 0 Å². The Balaban J connectivity index is 1.62. The van der Waals surface area contributed by atoms with Crippen LogP contribution in [0.1, 0.15) is 12.8 Å². The summed E-state index contributed by atoms with van der Waals surface area (Å²) in [7, 11) is -3.86. The average molecular weight is 494 g/mol. The van der Waals surface area contributed by atoms with Gasteiger partial charge in [-0.1, -0.05) is 21.1 Å². The Kier molecular flexibility index (Phi) is 4.77. The van der Waals surface area contributed by atoms with E-state index < -0.39 is 9.84 Å². The SMILES string of the molecule is O=S(=O)(c1ccc(Br)cc1)c1nnn2c1nc(NC[C@@H]1CCCO1)c1sccc12. The number of hydrogen-bond acceptors (Lipinski definition) is 8. The van der Waals surface area contributed by atoms with E-state index in [1.54, 1.807) is 12.1 Å². The van der Waals surface area contributed by atoms with Crippen LogP contribution >= 0.6 is 27.3 Å². The summed E-state index contributed by atoms with van der Waals surface area (Å²) in [5.41, 5.74) is 0.966. The number of rotatable bonds is 5. The summed E-state index contributed by atoms with van der Waals surface area (Å²) in [5.74, 6) is 0.618. The Hall–Kier alpha value is -2.08. The van der Waals surface area contributed by atoms with Crippen LogP contribution in [-0.4, -0.2) is 47.5 Å². The van der Waals surface area contributed by atoms with Gasteiger partial charge >= 0.3 is 0 Å². The molecule has 11 heteroatoms. The third-order valence-corrected chi connectivity index (χ3v) is 7.93. The fourth-order valence-corrected chi connectivity index (χ4v) is 5.69. The highest BCUT2D eigenvalue weighted by Gasteiger charge is 2.27. The van der Waals surface area contributed by atoms with Crippen molar-refractivity contribution in [2.75, 3.05) is 18.5 Å². The standard InChI is InChI=1S/C18H16BrN5O3S2/c19-11-3-5-13(6-4-11)29(25,26)18-17-21-16(20-10-12-2-1-8-27-12)15-14(7-9-28-15)24(17)23-22-18/h3-7,9,12H,1-2,8,10H2,(H,20,21)/t12-/m0/s1. The Morgan fingerprint density at radius 1 is 1.28 bits per heavy atom. The lowest BCUT2D eigenvalue weighted by atomic mass is 10.2. The van der Waals surface area contributed by atoms with Crippen LogP contribution in [0.3, 0.4) is 0 Å². The number of anilines is 1. The average Bonchev–Trinajstić information content (AvgIpc) is 3.45. The van der Waals surface area contributed by atoms with Crippen LogP contribution in [0.25, 0.3) is 15.9 Å². The maximum Gasteiger partial charge on any atom is 0.229 e. The lowest BCUT2D eigenvalue weighted by Crippen LogP contribution is -2.19. The summed E-state index contributed by atoms with van der Waals surface area (Å²) >= 11 is 4.84. The van der Waals surface area contributed by atoms with Gasteiger partial charge in [-0.3, -0.25) is 0 Å². The summed E-state index contributed by atoms with van der Waals surface area (Å²) in [6.07, 6.45) is 2.19. The summed E-state index contributed by atoms with van der Waals surface area (Å²) in [4.78, 5) is 4.74. The molecule has 0 bridgehead atoms. The largest absolute Gasteiger partial charge is 0.376 e. The minimum absolute atomic E-state index is 0.136. The van der Waals surface area contributed by atoms with Gasteiger partial charge in [-0.15, -0.1) is 16.4 Å². The zero-order valence-corrected chi connectivity index (χ0v) is 18.3. The molecule has 1 fully saturated rings. The van der Waals surface area contributed by atoms with Gasteiger partial charge in [0.15, 0.2) is 5.65 Å². The Bertz CT molecular complexity index is 1290. The quantitative estimate of drug-likeness (QED) is 0.453. The molecular formula is C18H16BrN5O3S2. The molecule has 0 amide bonds. The van der Waals surface area contributed by atoms with E-state index in [1.165, 1.54) is 28.0 Å². The second-order valence-corrected chi connectivity index (χ2v) is 10.4. The molecule has 1 aromatic carbocycles. The van der Waals surface area contributed by atoms with E-state index in [0.29, 0.717) is 12.4 Å². The smallest absolute Gasteiger partial charge is 0.229 e. The maximum absolute atomic E-state index is 13.2. The minimum Gasteiger partial charge on any atom is -0.376 e. The highest BCUT2D eigenvalue weighted by molar-refractivity contribution is 9.10. The lowest BCUT2D eigenvalue weighted by molar-refractivity contribution is 0.120. The van der Waals surface area contributed by atoms with E-state index in [-0.39, 0.29) is 21.7 Å². The van der Waals surface area contributed by atoms with E-state index in [0.717, 1.165) is 34.1 Å². The molecule has 0 aliphatic carbocycles. The Morgan fingerprint density at radius 2 is 2.10 bits per heavy atom. The van der Waals surface area contributed by atoms with Crippen LogP contribution in [0.5, 0.6) is 0 Å². The molecule has 5 rings (SSSR count). The highest BCUT2D eigenvalue weighted by atomic mass is 79.9. The Labute approximate surface area is 178 Å². The summed E-state index contributed by atoms with van der Waals surface area (Å²) < 4.78 is 35.2. The topological polar surface area (TPSA) is 98.5 Å². The van der Waals surface area contributed by atoms with Gasteiger partial charge in [0.05, 0.1) is 21.2 Å². The number of nitrogens with one attached hydrogen (secondary N) is 1. The van der Waals surface area contributed by atoms with Gasteiger partial charge in [-0.2, -0.15) is 4.52 Å². The zero-order valence-electron chi connectivity index (χ0n) is 15.1. The van der Waals surface area contributed by atoms with Crippen molar-refractivity contribution in [3.63, 3.8) is 0 Å². The van der Waals surface area contributed by atoms with E-state index in [1.807, 2.05) is 11.4 Å². The van der Waals surface area contributed by atoms with Crippen molar-refractivity contribution in [1.82, 2.24) is 19.8 Å². The van der Waals surface area contributed by atoms with Gasteiger partial charge in [0, 0.05) is 17.6 Å². The van der Waals surface area contributed by atoms with Gasteiger partial charge in [0.1, 0.15) is 5.82 Å². The molecular weight excluding hydrogens is 478 g/mol. The van der Waals surface area contributed by atoms with Crippen molar-refractivity contribution < 1.29 is 13.2 Å². The number of thiophene rings is 1. The first kappa shape index (κ1) is 18.9. The molecule has 1 aliphatic rings. The van der Waals surface area contributed by atoms with Gasteiger partial charge in [0.2, 0.25) is 14.9 Å². The fraction of sp³-hybridized carbons (Fsp3) is 0.278. The molecule has 150 valence electrons. The third kappa shape index (κ3) is 3.31. The molecule has 29 heavy (non-hydrogen) atoms. The van der Waals surface area contributed by atoms with E-state index in [9.17, 15) is 8.42 Å². The zero-order chi connectivity index (χ0) is 20.0. The lowest BCUT2D eigenvalue weighted by Gasteiger charge is -2.12. The first-order valence-corrected chi connectivity index (χ1v) is 12.2. The number of fused-ring (bicyclic) bond motifs is 3. The molecule has 0 spiro atoms. The number of hydrogen-bond donors (Lipinski definition) is 1. The second-order valence-electron chi connectivity index (χ2n) is 6.70. The van der Waals surface area contributed by atoms with E-state index in [4.69, 9.17) is 4.74 Å². The second kappa shape index (κ2) is 7.31. The number of sulfone groups is 1. The molecule has 4 aromatic rings. The minimum atomic E-state index is -3.86. The van der Waals surface area contributed by atoms with Crippen molar-refractivity contribution in [3.8, 4) is 0 Å². The molecule has 1 saturated heterocycles. The van der Waals surface area contributed by atoms with Crippen LogP contribution in [0.15, 0.2) is 50.1 Å². The van der Waals surface area contributed by atoms with Crippen LogP contribution < -0.4 is 5.32 Å². The van der Waals surface area contributed by atoms with Crippen molar-refractivity contribution in [2.45, 2.75) is 28.9 Å². The molecule has 1 N–H and O–H groups in total. The molecule has 0 radical (unpaired) electrons. The van der Waals surface area contributed by atoms with Crippen molar-refractivity contribution in [1.29, 1.82) is 0 Å². The molecule has 3 aromatic heterocycles. The summed E-state index contributed by atoms with van der Waals surface area (Å²) in [6, 6.07) is 8.31. The van der Waals surface area contributed by atoms with E-state index >= 15 is 0 Å². The van der Waals surface area contributed by atoms with Crippen LogP contribution in [0, 0.1) is 0 Å². The van der Waals surface area contributed by atoms with Gasteiger partial charge in [-0.05, 0) is 48.6 Å². The first-order chi connectivity index (χ1) is 14.0. The number of halogens is 1. The highest BCUT2D eigenvalue weighted by Crippen LogP contribution is 2.31. The van der Waals surface area contributed by atoms with E-state index in [2.05, 4.69) is 36.5 Å². The number of ether oxygens (including phenoxy) is 1. The van der Waals surface area contributed by atoms with Crippen molar-refractivity contribution >= 4 is 58.8 Å². The summed E-state index contributed by atoms with van der Waals surface area (Å²) in [6.45, 7) is 1.39. The van der Waals surface area contributed by atoms with Crippen LogP contribution in [0.4, 0.5) is 5.82 Å². The maximum atomic E-state index is 13.2. The number of benzene rings is 1. The molecule has 1 atom stereocenters. The van der Waals surface area contributed by atoms with Crippen LogP contribution in [0.2, 0.25) is 0 Å². The molecule has 0 unspecified atom stereocenters. The van der Waals surface area contributed by atoms with Crippen molar-refractivity contribution in [3.05, 3.63) is 40.2 Å². The summed E-state index contributed by atoms with van der Waals surface area (Å²) in [5, 5.41) is 13.1. The number of aromatic nitrogens is 4. The molecule has 1 aliphatic heterocycles. The molecule has 8 nitrogen and oxygen atoms in total. The first-order valence-electron chi connectivity index (χ1n) is 9.03. The van der Waals surface area contributed by atoms with Crippen LogP contribution in [-0.2, 0) is 14.6 Å². The normalized spacial score (nSPS) is 17.3. The molecule has 0 saturated carbocycles. The Morgan fingerprint density at radius 3 is 2.86 bits per heavy atom. The third-order valence-electron chi connectivity index (χ3n) is 4.82.